The number of fused-ring (bicyclic) bond motifs is 1. The van der Waals surface area contributed by atoms with Crippen LogP contribution in [0.4, 0.5) is 13.2 Å². The fourth-order valence-electron chi connectivity index (χ4n) is 3.54. The van der Waals surface area contributed by atoms with E-state index in [1.54, 1.807) is 17.0 Å². The van der Waals surface area contributed by atoms with Gasteiger partial charge in [-0.2, -0.15) is 13.2 Å². The molecule has 0 radical (unpaired) electrons. The summed E-state index contributed by atoms with van der Waals surface area (Å²) in [5.41, 5.74) is 2.76. The maximum Gasteiger partial charge on any atom is 0.416 e. The van der Waals surface area contributed by atoms with Crippen molar-refractivity contribution in [3.05, 3.63) is 81.8 Å². The Kier molecular flexibility index (Phi) is 5.24. The van der Waals surface area contributed by atoms with Gasteiger partial charge in [0.2, 0.25) is 0 Å². The molecule has 0 atom stereocenters. The van der Waals surface area contributed by atoms with Crippen LogP contribution in [-0.2, 0) is 19.1 Å². The van der Waals surface area contributed by atoms with Crippen LogP contribution in [0.1, 0.15) is 33.0 Å². The summed E-state index contributed by atoms with van der Waals surface area (Å²) in [6.07, 6.45) is -3.89. The number of carbonyl (C=O) groups excluding carboxylic acids is 1. The van der Waals surface area contributed by atoms with E-state index >= 15 is 0 Å². The van der Waals surface area contributed by atoms with Crippen molar-refractivity contribution in [2.45, 2.75) is 26.1 Å². The highest BCUT2D eigenvalue weighted by Gasteiger charge is 2.31. The fourth-order valence-corrected chi connectivity index (χ4v) is 3.67. The summed E-state index contributed by atoms with van der Waals surface area (Å²) < 4.78 is 38.4. The van der Waals surface area contributed by atoms with Gasteiger partial charge in [-0.1, -0.05) is 23.7 Å². The summed E-state index contributed by atoms with van der Waals surface area (Å²) in [5.74, 6) is 0.318. The van der Waals surface area contributed by atoms with Crippen LogP contribution in [0.15, 0.2) is 48.5 Å². The van der Waals surface area contributed by atoms with E-state index in [-0.39, 0.29) is 18.0 Å². The molecule has 1 aromatic heterocycles. The number of halogens is 4. The molecule has 154 valence electrons. The Bertz CT molecular complexity index is 1100. The number of rotatable bonds is 2. The molecule has 0 fully saturated rings. The highest BCUT2D eigenvalue weighted by Crippen LogP contribution is 2.31. The lowest BCUT2D eigenvalue weighted by atomic mass is 9.98. The molecule has 0 spiro atoms. The molecule has 30 heavy (non-hydrogen) atoms. The average Bonchev–Trinajstić information content (AvgIpc) is 2.72. The quantitative estimate of drug-likeness (QED) is 0.551. The largest absolute Gasteiger partial charge is 0.416 e. The van der Waals surface area contributed by atoms with Crippen LogP contribution in [0.25, 0.3) is 11.3 Å². The van der Waals surface area contributed by atoms with Gasteiger partial charge >= 0.3 is 6.18 Å². The number of aryl methyl sites for hydroxylation is 1. The van der Waals surface area contributed by atoms with Crippen molar-refractivity contribution in [1.82, 2.24) is 14.9 Å². The SMILES string of the molecule is Cc1nc2c(c(-c3ccc(Cl)cc3)n1)CN(C(=O)c1ccc(C(F)(F)F)cc1)CC2. The Labute approximate surface area is 176 Å². The molecule has 0 N–H and O–H groups in total. The number of benzene rings is 2. The maximum atomic E-state index is 12.9. The van der Waals surface area contributed by atoms with E-state index in [1.165, 1.54) is 12.1 Å². The number of nitrogens with zero attached hydrogens (tertiary/aromatic N) is 3. The summed E-state index contributed by atoms with van der Waals surface area (Å²) in [5, 5.41) is 0.609. The number of amides is 1. The van der Waals surface area contributed by atoms with Crippen molar-refractivity contribution in [3.8, 4) is 11.3 Å². The highest BCUT2D eigenvalue weighted by molar-refractivity contribution is 6.30. The van der Waals surface area contributed by atoms with E-state index in [9.17, 15) is 18.0 Å². The Balaban J connectivity index is 1.64. The number of hydrogen-bond donors (Lipinski definition) is 0. The van der Waals surface area contributed by atoms with Crippen LogP contribution in [0, 0.1) is 6.92 Å². The van der Waals surface area contributed by atoms with E-state index in [0.717, 1.165) is 34.6 Å². The van der Waals surface area contributed by atoms with Crippen LogP contribution in [0.5, 0.6) is 0 Å². The summed E-state index contributed by atoms with van der Waals surface area (Å²) in [6.45, 7) is 2.54. The zero-order valence-corrected chi connectivity index (χ0v) is 16.8. The zero-order chi connectivity index (χ0) is 21.5. The van der Waals surface area contributed by atoms with E-state index in [2.05, 4.69) is 9.97 Å². The van der Waals surface area contributed by atoms with Gasteiger partial charge < -0.3 is 4.90 Å². The molecule has 1 amide bonds. The van der Waals surface area contributed by atoms with Gasteiger partial charge in [0.1, 0.15) is 5.82 Å². The van der Waals surface area contributed by atoms with Crippen LogP contribution < -0.4 is 0 Å². The van der Waals surface area contributed by atoms with Gasteiger partial charge in [-0.15, -0.1) is 0 Å². The minimum atomic E-state index is -4.44. The average molecular weight is 432 g/mol. The van der Waals surface area contributed by atoms with Crippen molar-refractivity contribution < 1.29 is 18.0 Å². The lowest BCUT2D eigenvalue weighted by molar-refractivity contribution is -0.137. The summed E-state index contributed by atoms with van der Waals surface area (Å²) in [7, 11) is 0. The molecule has 0 aliphatic carbocycles. The monoisotopic (exact) mass is 431 g/mol. The van der Waals surface area contributed by atoms with Gasteiger partial charge in [-0.3, -0.25) is 4.79 Å². The minimum Gasteiger partial charge on any atom is -0.334 e. The standard InChI is InChI=1S/C22H17ClF3N3O/c1-13-27-19-10-11-29(21(30)15-2-6-16(7-3-15)22(24,25)26)12-18(19)20(28-13)14-4-8-17(23)9-5-14/h2-9H,10-12H2,1H3. The molecular weight excluding hydrogens is 415 g/mol. The third kappa shape index (κ3) is 4.03. The first-order valence-electron chi connectivity index (χ1n) is 9.31. The summed E-state index contributed by atoms with van der Waals surface area (Å²) in [4.78, 5) is 23.6. The molecule has 4 nitrogen and oxygen atoms in total. The maximum absolute atomic E-state index is 12.9. The minimum absolute atomic E-state index is 0.215. The molecule has 1 aliphatic rings. The van der Waals surface area contributed by atoms with Crippen LogP contribution in [0.2, 0.25) is 5.02 Å². The summed E-state index contributed by atoms with van der Waals surface area (Å²) in [6, 6.07) is 11.6. The second kappa shape index (κ2) is 7.72. The Hall–Kier alpha value is -2.93. The molecule has 0 bridgehead atoms. The van der Waals surface area contributed by atoms with Gasteiger partial charge in [0, 0.05) is 41.2 Å². The van der Waals surface area contributed by atoms with Crippen molar-refractivity contribution in [2.24, 2.45) is 0 Å². The molecule has 0 saturated carbocycles. The topological polar surface area (TPSA) is 46.1 Å². The van der Waals surface area contributed by atoms with E-state index in [4.69, 9.17) is 11.6 Å². The zero-order valence-electron chi connectivity index (χ0n) is 16.0. The lowest BCUT2D eigenvalue weighted by Crippen LogP contribution is -2.37. The third-order valence-corrected chi connectivity index (χ3v) is 5.29. The first-order valence-corrected chi connectivity index (χ1v) is 9.69. The molecule has 2 aromatic carbocycles. The van der Waals surface area contributed by atoms with Crippen LogP contribution in [0.3, 0.4) is 0 Å². The second-order valence-corrected chi connectivity index (χ2v) is 7.54. The number of aromatic nitrogens is 2. The summed E-state index contributed by atoms with van der Waals surface area (Å²) >= 11 is 5.99. The van der Waals surface area contributed by atoms with Gasteiger partial charge in [0.25, 0.3) is 5.91 Å². The van der Waals surface area contributed by atoms with Gasteiger partial charge in [-0.25, -0.2) is 9.97 Å². The van der Waals surface area contributed by atoms with Gasteiger partial charge in [0.15, 0.2) is 0 Å². The normalized spacial score (nSPS) is 13.8. The van der Waals surface area contributed by atoms with Gasteiger partial charge in [-0.05, 0) is 43.3 Å². The van der Waals surface area contributed by atoms with E-state index in [1.807, 2.05) is 19.1 Å². The fraction of sp³-hybridized carbons (Fsp3) is 0.227. The lowest BCUT2D eigenvalue weighted by Gasteiger charge is -2.30. The second-order valence-electron chi connectivity index (χ2n) is 7.10. The Morgan fingerprint density at radius 1 is 1.03 bits per heavy atom. The first kappa shape index (κ1) is 20.3. The van der Waals surface area contributed by atoms with E-state index in [0.29, 0.717) is 23.8 Å². The van der Waals surface area contributed by atoms with Gasteiger partial charge in [0.05, 0.1) is 17.0 Å². The van der Waals surface area contributed by atoms with Crippen molar-refractivity contribution >= 4 is 17.5 Å². The molecule has 3 aromatic rings. The predicted molar refractivity (Wildman–Crippen MR) is 107 cm³/mol. The highest BCUT2D eigenvalue weighted by atomic mass is 35.5. The first-order chi connectivity index (χ1) is 14.2. The van der Waals surface area contributed by atoms with Crippen LogP contribution >= 0.6 is 11.6 Å². The molecule has 8 heteroatoms. The molecular formula is C22H17ClF3N3O. The van der Waals surface area contributed by atoms with Crippen molar-refractivity contribution in [1.29, 1.82) is 0 Å². The molecule has 1 aliphatic heterocycles. The van der Waals surface area contributed by atoms with Crippen LogP contribution in [-0.4, -0.2) is 27.3 Å². The molecule has 4 rings (SSSR count). The Morgan fingerprint density at radius 3 is 2.33 bits per heavy atom. The molecule has 0 saturated heterocycles. The number of alkyl halides is 3. The molecule has 0 unspecified atom stereocenters. The third-order valence-electron chi connectivity index (χ3n) is 5.04. The van der Waals surface area contributed by atoms with Crippen molar-refractivity contribution in [2.75, 3.05) is 6.54 Å². The Morgan fingerprint density at radius 2 is 1.70 bits per heavy atom. The number of hydrogen-bond acceptors (Lipinski definition) is 3. The van der Waals surface area contributed by atoms with E-state index < -0.39 is 11.7 Å². The molecule has 2 heterocycles. The predicted octanol–water partition coefficient (Wildman–Crippen LogP) is 5.32. The van der Waals surface area contributed by atoms with Crippen molar-refractivity contribution in [3.63, 3.8) is 0 Å². The smallest absolute Gasteiger partial charge is 0.334 e. The number of carbonyl (C=O) groups is 1.